The van der Waals surface area contributed by atoms with E-state index in [1.54, 1.807) is 13.2 Å². The number of aromatic nitrogens is 1. The zero-order valence-corrected chi connectivity index (χ0v) is 10.2. The second-order valence-electron chi connectivity index (χ2n) is 4.63. The summed E-state index contributed by atoms with van der Waals surface area (Å²) in [7, 11) is 1.55. The molecule has 2 rings (SSSR count). The summed E-state index contributed by atoms with van der Waals surface area (Å²) >= 11 is 0. The number of carboxylic acids is 1. The highest BCUT2D eigenvalue weighted by Crippen LogP contribution is 2.42. The second kappa shape index (κ2) is 4.35. The Hall–Kier alpha value is -1.58. The van der Waals surface area contributed by atoms with Gasteiger partial charge in [0.05, 0.1) is 12.5 Å². The van der Waals surface area contributed by atoms with Gasteiger partial charge in [0.1, 0.15) is 0 Å². The van der Waals surface area contributed by atoms with Crippen molar-refractivity contribution in [2.24, 2.45) is 0 Å². The number of hydrogen-bond acceptors (Lipinski definition) is 3. The fraction of sp³-hybridized carbons (Fsp3) is 0.538. The molecule has 0 radical (unpaired) electrons. The molecule has 17 heavy (non-hydrogen) atoms. The van der Waals surface area contributed by atoms with E-state index in [1.165, 1.54) is 0 Å². The molecule has 0 saturated heterocycles. The standard InChI is InChI=1S/C13H17NO3/c1-9-7-10(8-11(14-9)17-2)13(12(15)16)5-3-4-6-13/h7-8H,3-6H2,1-2H3,(H,15,16). The van der Waals surface area contributed by atoms with Gasteiger partial charge in [-0.05, 0) is 31.4 Å². The monoisotopic (exact) mass is 235 g/mol. The van der Waals surface area contributed by atoms with Crippen LogP contribution in [-0.4, -0.2) is 23.2 Å². The van der Waals surface area contributed by atoms with E-state index >= 15 is 0 Å². The smallest absolute Gasteiger partial charge is 0.314 e. The summed E-state index contributed by atoms with van der Waals surface area (Å²) in [5.41, 5.74) is 0.889. The topological polar surface area (TPSA) is 59.4 Å². The number of carbonyl (C=O) groups is 1. The first-order valence-electron chi connectivity index (χ1n) is 5.85. The maximum atomic E-state index is 11.6. The summed E-state index contributed by atoms with van der Waals surface area (Å²) in [4.78, 5) is 15.8. The first kappa shape index (κ1) is 11.9. The molecular formula is C13H17NO3. The van der Waals surface area contributed by atoms with Gasteiger partial charge < -0.3 is 9.84 Å². The number of rotatable bonds is 3. The van der Waals surface area contributed by atoms with Gasteiger partial charge >= 0.3 is 5.97 Å². The molecule has 0 bridgehead atoms. The third-order valence-electron chi connectivity index (χ3n) is 3.56. The van der Waals surface area contributed by atoms with E-state index in [2.05, 4.69) is 4.98 Å². The quantitative estimate of drug-likeness (QED) is 0.873. The van der Waals surface area contributed by atoms with Gasteiger partial charge in [-0.1, -0.05) is 12.8 Å². The Kier molecular flexibility index (Phi) is 3.05. The number of hydrogen-bond donors (Lipinski definition) is 1. The van der Waals surface area contributed by atoms with Crippen LogP contribution >= 0.6 is 0 Å². The van der Waals surface area contributed by atoms with E-state index in [0.29, 0.717) is 18.7 Å². The van der Waals surface area contributed by atoms with Crippen LogP contribution in [0.15, 0.2) is 12.1 Å². The van der Waals surface area contributed by atoms with Crippen molar-refractivity contribution in [1.82, 2.24) is 4.98 Å². The molecule has 1 fully saturated rings. The van der Waals surface area contributed by atoms with Gasteiger partial charge in [-0.2, -0.15) is 0 Å². The third kappa shape index (κ3) is 1.99. The van der Waals surface area contributed by atoms with E-state index in [0.717, 1.165) is 24.1 Å². The molecule has 1 saturated carbocycles. The van der Waals surface area contributed by atoms with Crippen molar-refractivity contribution < 1.29 is 14.6 Å². The van der Waals surface area contributed by atoms with Gasteiger partial charge in [0.15, 0.2) is 0 Å². The zero-order chi connectivity index (χ0) is 12.5. The predicted octanol–water partition coefficient (Wildman–Crippen LogP) is 2.30. The second-order valence-corrected chi connectivity index (χ2v) is 4.63. The molecule has 1 aromatic rings. The number of pyridine rings is 1. The summed E-state index contributed by atoms with van der Waals surface area (Å²) < 4.78 is 5.12. The van der Waals surface area contributed by atoms with Crippen LogP contribution in [0.5, 0.6) is 5.88 Å². The maximum Gasteiger partial charge on any atom is 0.314 e. The Morgan fingerprint density at radius 1 is 1.41 bits per heavy atom. The Morgan fingerprint density at radius 3 is 2.59 bits per heavy atom. The van der Waals surface area contributed by atoms with Crippen molar-refractivity contribution in [1.29, 1.82) is 0 Å². The molecule has 1 aliphatic rings. The summed E-state index contributed by atoms with van der Waals surface area (Å²) in [5, 5.41) is 9.51. The maximum absolute atomic E-state index is 11.6. The van der Waals surface area contributed by atoms with Gasteiger partial charge in [0.2, 0.25) is 5.88 Å². The van der Waals surface area contributed by atoms with Gasteiger partial charge in [0, 0.05) is 11.8 Å². The molecule has 0 aromatic carbocycles. The molecule has 92 valence electrons. The molecule has 0 amide bonds. The molecule has 0 unspecified atom stereocenters. The zero-order valence-electron chi connectivity index (χ0n) is 10.2. The predicted molar refractivity (Wildman–Crippen MR) is 63.3 cm³/mol. The van der Waals surface area contributed by atoms with Crippen LogP contribution in [0, 0.1) is 6.92 Å². The van der Waals surface area contributed by atoms with E-state index in [1.807, 2.05) is 13.0 Å². The molecule has 4 nitrogen and oxygen atoms in total. The molecule has 1 aromatic heterocycles. The van der Waals surface area contributed by atoms with Crippen molar-refractivity contribution in [2.45, 2.75) is 38.0 Å². The molecule has 4 heteroatoms. The van der Waals surface area contributed by atoms with Gasteiger partial charge in [0.25, 0.3) is 0 Å². The van der Waals surface area contributed by atoms with Crippen LogP contribution < -0.4 is 4.74 Å². The highest BCUT2D eigenvalue weighted by molar-refractivity contribution is 5.82. The van der Waals surface area contributed by atoms with Crippen LogP contribution in [0.25, 0.3) is 0 Å². The van der Waals surface area contributed by atoms with Crippen LogP contribution in [0.4, 0.5) is 0 Å². The van der Waals surface area contributed by atoms with Crippen molar-refractivity contribution in [3.05, 3.63) is 23.4 Å². The Morgan fingerprint density at radius 2 is 2.06 bits per heavy atom. The van der Waals surface area contributed by atoms with Crippen LogP contribution in [0.3, 0.4) is 0 Å². The minimum absolute atomic E-state index is 0.493. The van der Waals surface area contributed by atoms with Crippen LogP contribution in [-0.2, 0) is 10.2 Å². The molecule has 0 aliphatic heterocycles. The molecule has 1 heterocycles. The van der Waals surface area contributed by atoms with Gasteiger partial charge in [-0.3, -0.25) is 4.79 Å². The summed E-state index contributed by atoms with van der Waals surface area (Å²) in [6, 6.07) is 3.62. The Bertz CT molecular complexity index is 436. The van der Waals surface area contributed by atoms with Crippen molar-refractivity contribution >= 4 is 5.97 Å². The van der Waals surface area contributed by atoms with E-state index < -0.39 is 11.4 Å². The summed E-state index contributed by atoms with van der Waals surface area (Å²) in [6.07, 6.45) is 3.34. The third-order valence-corrected chi connectivity index (χ3v) is 3.56. The highest BCUT2D eigenvalue weighted by Gasteiger charge is 2.43. The van der Waals surface area contributed by atoms with Gasteiger partial charge in [-0.25, -0.2) is 4.98 Å². The molecular weight excluding hydrogens is 218 g/mol. The Labute approximate surface area is 101 Å². The van der Waals surface area contributed by atoms with Crippen molar-refractivity contribution in [2.75, 3.05) is 7.11 Å². The van der Waals surface area contributed by atoms with Gasteiger partial charge in [-0.15, -0.1) is 0 Å². The van der Waals surface area contributed by atoms with E-state index in [4.69, 9.17) is 4.74 Å². The fourth-order valence-electron chi connectivity index (χ4n) is 2.62. The van der Waals surface area contributed by atoms with Crippen LogP contribution in [0.1, 0.15) is 36.9 Å². The van der Waals surface area contributed by atoms with Crippen molar-refractivity contribution in [3.63, 3.8) is 0 Å². The number of aryl methyl sites for hydroxylation is 1. The highest BCUT2D eigenvalue weighted by atomic mass is 16.5. The number of aliphatic carboxylic acids is 1. The van der Waals surface area contributed by atoms with Crippen molar-refractivity contribution in [3.8, 4) is 5.88 Å². The largest absolute Gasteiger partial charge is 0.481 e. The number of ether oxygens (including phenoxy) is 1. The number of nitrogens with zero attached hydrogens (tertiary/aromatic N) is 1. The first-order chi connectivity index (χ1) is 8.08. The van der Waals surface area contributed by atoms with E-state index in [9.17, 15) is 9.90 Å². The lowest BCUT2D eigenvalue weighted by atomic mass is 9.79. The minimum Gasteiger partial charge on any atom is -0.481 e. The lowest BCUT2D eigenvalue weighted by Crippen LogP contribution is -2.32. The fourth-order valence-corrected chi connectivity index (χ4v) is 2.62. The summed E-state index contributed by atoms with van der Waals surface area (Å²) in [5.74, 6) is -0.241. The normalized spacial score (nSPS) is 18.0. The van der Waals surface area contributed by atoms with Crippen LogP contribution in [0.2, 0.25) is 0 Å². The minimum atomic E-state index is -0.735. The SMILES string of the molecule is COc1cc(C2(C(=O)O)CCCC2)cc(C)n1. The molecule has 1 N–H and O–H groups in total. The Balaban J connectivity index is 2.50. The lowest BCUT2D eigenvalue weighted by molar-refractivity contribution is -0.143. The molecule has 1 aliphatic carbocycles. The van der Waals surface area contributed by atoms with E-state index in [-0.39, 0.29) is 0 Å². The lowest BCUT2D eigenvalue weighted by Gasteiger charge is -2.24. The first-order valence-corrected chi connectivity index (χ1v) is 5.85. The number of carboxylic acid groups (broad SMARTS) is 1. The number of methoxy groups -OCH3 is 1. The average molecular weight is 235 g/mol. The molecule has 0 atom stereocenters. The average Bonchev–Trinajstić information content (AvgIpc) is 2.78. The molecule has 0 spiro atoms. The summed E-state index contributed by atoms with van der Waals surface area (Å²) in [6.45, 7) is 1.86.